The average molecular weight is 272 g/mol. The molecule has 0 nitrogen and oxygen atoms in total. The minimum atomic E-state index is -4.66. The minimum Gasteiger partial charge on any atom is -0.244 e. The van der Waals surface area contributed by atoms with Gasteiger partial charge in [0.1, 0.15) is 5.67 Å². The molecule has 0 aromatic heterocycles. The van der Waals surface area contributed by atoms with Gasteiger partial charge in [-0.25, -0.2) is 13.2 Å². The van der Waals surface area contributed by atoms with Gasteiger partial charge in [-0.1, -0.05) is 0 Å². The molecule has 4 rings (SSSR count). The fraction of sp³-hybridized carbons (Fsp3) is 1.00. The zero-order valence-electron chi connectivity index (χ0n) is 9.67. The van der Waals surface area contributed by atoms with Crippen LogP contribution >= 0.6 is 0 Å². The van der Waals surface area contributed by atoms with E-state index in [9.17, 15) is 26.3 Å². The van der Waals surface area contributed by atoms with Gasteiger partial charge in [0.15, 0.2) is 0 Å². The average Bonchev–Trinajstić information content (AvgIpc) is 2.08. The molecule has 4 saturated carbocycles. The summed E-state index contributed by atoms with van der Waals surface area (Å²) in [6.07, 6.45) is -6.94. The Hall–Kier alpha value is -0.420. The Kier molecular flexibility index (Phi) is 2.23. The molecule has 4 aliphatic rings. The summed E-state index contributed by atoms with van der Waals surface area (Å²) < 4.78 is 80.5. The number of rotatable bonds is 1. The molecule has 0 radical (unpaired) electrons. The molecular weight excluding hydrogens is 258 g/mol. The van der Waals surface area contributed by atoms with Crippen molar-refractivity contribution in [2.45, 2.75) is 56.3 Å². The predicted octanol–water partition coefficient (Wildman–Crippen LogP) is 4.49. The van der Waals surface area contributed by atoms with Crippen LogP contribution in [0.3, 0.4) is 0 Å². The Morgan fingerprint density at radius 1 is 1.00 bits per heavy atom. The Balaban J connectivity index is 2.01. The van der Waals surface area contributed by atoms with Crippen molar-refractivity contribution in [2.75, 3.05) is 0 Å². The van der Waals surface area contributed by atoms with E-state index in [2.05, 4.69) is 0 Å². The quantitative estimate of drug-likeness (QED) is 0.617. The Labute approximate surface area is 101 Å². The summed E-state index contributed by atoms with van der Waals surface area (Å²) in [6, 6.07) is 0. The van der Waals surface area contributed by atoms with Gasteiger partial charge >= 0.3 is 6.18 Å². The summed E-state index contributed by atoms with van der Waals surface area (Å²) in [7, 11) is 0. The maximum atomic E-state index is 14.3. The highest BCUT2D eigenvalue weighted by Crippen LogP contribution is 2.70. The van der Waals surface area contributed by atoms with Gasteiger partial charge in [0.25, 0.3) is 5.92 Å². The number of halogens is 6. The van der Waals surface area contributed by atoms with Crippen molar-refractivity contribution in [2.24, 2.45) is 17.3 Å². The van der Waals surface area contributed by atoms with E-state index >= 15 is 0 Å². The molecule has 4 bridgehead atoms. The summed E-state index contributed by atoms with van der Waals surface area (Å²) in [5.41, 5.74) is -3.98. The van der Waals surface area contributed by atoms with E-state index in [4.69, 9.17) is 0 Å². The molecule has 0 aromatic carbocycles. The SMILES string of the molecule is FC(F)(F)CC12CC3CC(CC(F)(C3)C1)C2(F)F. The normalized spacial score (nSPS) is 49.7. The number of hydrogen-bond acceptors (Lipinski definition) is 0. The van der Waals surface area contributed by atoms with Crippen molar-refractivity contribution < 1.29 is 26.3 Å². The van der Waals surface area contributed by atoms with Crippen LogP contribution in [0.15, 0.2) is 0 Å². The fourth-order valence-corrected chi connectivity index (χ4v) is 4.74. The molecule has 0 spiro atoms. The van der Waals surface area contributed by atoms with E-state index in [1.54, 1.807) is 0 Å². The van der Waals surface area contributed by atoms with Crippen LogP contribution in [-0.2, 0) is 0 Å². The van der Waals surface area contributed by atoms with Crippen LogP contribution in [0.4, 0.5) is 26.3 Å². The van der Waals surface area contributed by atoms with Crippen LogP contribution in [0.5, 0.6) is 0 Å². The van der Waals surface area contributed by atoms with Crippen LogP contribution < -0.4 is 0 Å². The standard InChI is InChI=1S/C12H14F6/c13-10-3-7-1-8(4-10)12(17,18)9(2-7,5-10)6-11(14,15)16/h7-8H,1-6H2. The highest BCUT2D eigenvalue weighted by Gasteiger charge is 2.73. The molecule has 0 amide bonds. The van der Waals surface area contributed by atoms with Crippen molar-refractivity contribution in [1.82, 2.24) is 0 Å². The van der Waals surface area contributed by atoms with Gasteiger partial charge in [-0.2, -0.15) is 13.2 Å². The number of alkyl halides is 6. The topological polar surface area (TPSA) is 0 Å². The first-order chi connectivity index (χ1) is 8.05. The maximum absolute atomic E-state index is 14.3. The first-order valence-electron chi connectivity index (χ1n) is 6.19. The van der Waals surface area contributed by atoms with E-state index in [0.29, 0.717) is 0 Å². The molecule has 0 N–H and O–H groups in total. The van der Waals surface area contributed by atoms with E-state index in [-0.39, 0.29) is 31.6 Å². The van der Waals surface area contributed by atoms with Crippen LogP contribution in [-0.4, -0.2) is 17.8 Å². The maximum Gasteiger partial charge on any atom is 0.389 e. The third-order valence-electron chi connectivity index (χ3n) is 4.98. The second kappa shape index (κ2) is 3.18. The van der Waals surface area contributed by atoms with Crippen LogP contribution in [0.2, 0.25) is 0 Å². The van der Waals surface area contributed by atoms with Crippen molar-refractivity contribution in [3.63, 3.8) is 0 Å². The second-order valence-corrected chi connectivity index (χ2v) is 6.43. The van der Waals surface area contributed by atoms with E-state index in [0.717, 1.165) is 0 Å². The highest BCUT2D eigenvalue weighted by atomic mass is 19.4. The van der Waals surface area contributed by atoms with Crippen molar-refractivity contribution in [3.05, 3.63) is 0 Å². The van der Waals surface area contributed by atoms with Gasteiger partial charge in [-0.05, 0) is 38.0 Å². The van der Waals surface area contributed by atoms with Crippen molar-refractivity contribution in [1.29, 1.82) is 0 Å². The lowest BCUT2D eigenvalue weighted by atomic mass is 9.46. The lowest BCUT2D eigenvalue weighted by molar-refractivity contribution is -0.307. The second-order valence-electron chi connectivity index (χ2n) is 6.43. The van der Waals surface area contributed by atoms with E-state index < -0.39 is 41.9 Å². The Morgan fingerprint density at radius 3 is 2.22 bits per heavy atom. The first-order valence-corrected chi connectivity index (χ1v) is 6.19. The minimum absolute atomic E-state index is 0.166. The molecule has 18 heavy (non-hydrogen) atoms. The summed E-state index contributed by atoms with van der Waals surface area (Å²) in [6.45, 7) is 0. The lowest BCUT2D eigenvalue weighted by Crippen LogP contribution is -2.65. The zero-order chi connectivity index (χ0) is 13.4. The smallest absolute Gasteiger partial charge is 0.244 e. The van der Waals surface area contributed by atoms with E-state index in [1.165, 1.54) is 0 Å². The van der Waals surface area contributed by atoms with Crippen molar-refractivity contribution >= 4 is 0 Å². The molecule has 0 aliphatic heterocycles. The molecule has 0 heterocycles. The predicted molar refractivity (Wildman–Crippen MR) is 52.0 cm³/mol. The van der Waals surface area contributed by atoms with Gasteiger partial charge in [-0.3, -0.25) is 0 Å². The van der Waals surface area contributed by atoms with Gasteiger partial charge in [0.05, 0.1) is 6.42 Å². The van der Waals surface area contributed by atoms with Crippen LogP contribution in [0.25, 0.3) is 0 Å². The molecular formula is C12H14F6. The zero-order valence-corrected chi connectivity index (χ0v) is 9.67. The molecule has 0 saturated heterocycles. The molecule has 4 atom stereocenters. The third kappa shape index (κ3) is 1.59. The molecule has 6 heteroatoms. The fourth-order valence-electron chi connectivity index (χ4n) is 4.74. The van der Waals surface area contributed by atoms with Gasteiger partial charge < -0.3 is 0 Å². The Morgan fingerprint density at radius 2 is 1.67 bits per heavy atom. The van der Waals surface area contributed by atoms with Gasteiger partial charge in [0, 0.05) is 11.3 Å². The van der Waals surface area contributed by atoms with Gasteiger partial charge in [-0.15, -0.1) is 0 Å². The summed E-state index contributed by atoms with van der Waals surface area (Å²) in [4.78, 5) is 0. The lowest BCUT2D eigenvalue weighted by Gasteiger charge is -2.62. The van der Waals surface area contributed by atoms with E-state index in [1.807, 2.05) is 0 Å². The summed E-state index contributed by atoms with van der Waals surface area (Å²) in [5, 5.41) is 0. The Bertz CT molecular complexity index is 371. The number of hydrogen-bond donors (Lipinski definition) is 0. The molecule has 4 fully saturated rings. The van der Waals surface area contributed by atoms with Crippen molar-refractivity contribution in [3.8, 4) is 0 Å². The highest BCUT2D eigenvalue weighted by molar-refractivity contribution is 5.16. The monoisotopic (exact) mass is 272 g/mol. The molecule has 4 unspecified atom stereocenters. The summed E-state index contributed by atoms with van der Waals surface area (Å²) in [5.74, 6) is -4.88. The third-order valence-corrected chi connectivity index (χ3v) is 4.98. The van der Waals surface area contributed by atoms with Crippen LogP contribution in [0, 0.1) is 17.3 Å². The summed E-state index contributed by atoms with van der Waals surface area (Å²) >= 11 is 0. The molecule has 4 aliphatic carbocycles. The van der Waals surface area contributed by atoms with Gasteiger partial charge in [0.2, 0.25) is 0 Å². The first kappa shape index (κ1) is 12.6. The molecule has 0 aromatic rings. The molecule has 104 valence electrons. The largest absolute Gasteiger partial charge is 0.389 e. The van der Waals surface area contributed by atoms with Crippen LogP contribution in [0.1, 0.15) is 38.5 Å².